The summed E-state index contributed by atoms with van der Waals surface area (Å²) >= 11 is 1.45. The third kappa shape index (κ3) is 3.31. The largest absolute Gasteiger partial charge is 0.497 e. The third-order valence-electron chi connectivity index (χ3n) is 5.43. The molecule has 1 aromatic carbocycles. The maximum absolute atomic E-state index is 11.6. The quantitative estimate of drug-likeness (QED) is 0.582. The van der Waals surface area contributed by atoms with Crippen LogP contribution in [0, 0.1) is 12.8 Å². The van der Waals surface area contributed by atoms with Crippen molar-refractivity contribution in [3.63, 3.8) is 0 Å². The van der Waals surface area contributed by atoms with Crippen LogP contribution in [0.4, 0.5) is 0 Å². The number of aromatic nitrogens is 3. The number of methoxy groups -OCH3 is 1. The number of quaternary nitrogens is 1. The van der Waals surface area contributed by atoms with Crippen LogP contribution in [0.1, 0.15) is 35.1 Å². The molecule has 2 aromatic heterocycles. The molecule has 1 aliphatic rings. The number of hydrogen-bond acceptors (Lipinski definition) is 6. The van der Waals surface area contributed by atoms with Crippen LogP contribution in [0.15, 0.2) is 24.3 Å². The fourth-order valence-electron chi connectivity index (χ4n) is 3.99. The Kier molecular flexibility index (Phi) is 4.94. The summed E-state index contributed by atoms with van der Waals surface area (Å²) in [6, 6.07) is 7.80. The van der Waals surface area contributed by atoms with Gasteiger partial charge in [-0.05, 0) is 19.1 Å². The Balaban J connectivity index is 1.75. The number of aromatic hydroxyl groups is 1. The Morgan fingerprint density at radius 2 is 2.18 bits per heavy atom. The summed E-state index contributed by atoms with van der Waals surface area (Å²) < 4.78 is 6.91. The molecule has 28 heavy (non-hydrogen) atoms. The first-order valence-electron chi connectivity index (χ1n) is 9.30. The van der Waals surface area contributed by atoms with Gasteiger partial charge in [-0.15, -0.1) is 5.10 Å². The van der Waals surface area contributed by atoms with Crippen LogP contribution in [0.25, 0.3) is 4.96 Å². The van der Waals surface area contributed by atoms with Crippen LogP contribution >= 0.6 is 11.3 Å². The van der Waals surface area contributed by atoms with E-state index in [1.165, 1.54) is 20.8 Å². The van der Waals surface area contributed by atoms with E-state index < -0.39 is 0 Å². The molecule has 1 fully saturated rings. The molecule has 1 amide bonds. The molecular formula is C19H24N5O3S+. The number of hydrogen-bond donors (Lipinski definition) is 3. The summed E-state index contributed by atoms with van der Waals surface area (Å²) in [7, 11) is 1.64. The number of primary amides is 1. The van der Waals surface area contributed by atoms with Crippen molar-refractivity contribution < 1.29 is 19.5 Å². The van der Waals surface area contributed by atoms with Crippen molar-refractivity contribution in [3.05, 3.63) is 40.5 Å². The van der Waals surface area contributed by atoms with Gasteiger partial charge < -0.3 is 20.5 Å². The number of rotatable bonds is 5. The van der Waals surface area contributed by atoms with Crippen LogP contribution in [0.5, 0.6) is 11.6 Å². The molecule has 1 atom stereocenters. The molecular weight excluding hydrogens is 378 g/mol. The molecule has 4 N–H and O–H groups in total. The SMILES string of the molecule is COc1cccc([C@H](c2sc3nc(C)nn3c2O)[NH+]2CCC(C(N)=O)CC2)c1. The van der Waals surface area contributed by atoms with Crippen molar-refractivity contribution in [3.8, 4) is 11.6 Å². The van der Waals surface area contributed by atoms with Gasteiger partial charge in [-0.1, -0.05) is 23.5 Å². The molecule has 3 heterocycles. The number of piperidine rings is 1. The average molecular weight is 403 g/mol. The van der Waals surface area contributed by atoms with Gasteiger partial charge in [0.15, 0.2) is 6.04 Å². The molecule has 0 aliphatic carbocycles. The molecule has 4 rings (SSSR count). The number of carbonyl (C=O) groups excluding carboxylic acids is 1. The lowest BCUT2D eigenvalue weighted by Gasteiger charge is -2.33. The maximum Gasteiger partial charge on any atom is 0.235 e. The summed E-state index contributed by atoms with van der Waals surface area (Å²) in [5.41, 5.74) is 6.55. The second-order valence-electron chi connectivity index (χ2n) is 7.19. The van der Waals surface area contributed by atoms with E-state index in [0.29, 0.717) is 10.8 Å². The topological polar surface area (TPSA) is 107 Å². The minimum atomic E-state index is -0.228. The van der Waals surface area contributed by atoms with Crippen molar-refractivity contribution in [2.75, 3.05) is 20.2 Å². The highest BCUT2D eigenvalue weighted by molar-refractivity contribution is 7.17. The highest BCUT2D eigenvalue weighted by atomic mass is 32.1. The van der Waals surface area contributed by atoms with Gasteiger partial charge in [0.25, 0.3) is 0 Å². The number of thiazole rings is 1. The van der Waals surface area contributed by atoms with E-state index >= 15 is 0 Å². The number of carbonyl (C=O) groups is 1. The number of likely N-dealkylation sites (tertiary alicyclic amines) is 1. The summed E-state index contributed by atoms with van der Waals surface area (Å²) in [6.07, 6.45) is 1.48. The standard InChI is InChI=1S/C19H23N5O3S/c1-11-21-19-24(22-11)18(26)16(28-19)15(13-4-3-5-14(10-13)27-2)23-8-6-12(7-9-23)17(20)25/h3-5,10,12,15,26H,6-9H2,1-2H3,(H2,20,25)/p+1/t15-/m1/s1. The Hall–Kier alpha value is -2.65. The molecule has 3 aromatic rings. The van der Waals surface area contributed by atoms with Crippen molar-refractivity contribution in [2.24, 2.45) is 11.7 Å². The van der Waals surface area contributed by atoms with E-state index in [0.717, 1.165) is 42.1 Å². The predicted octanol–water partition coefficient (Wildman–Crippen LogP) is 0.683. The zero-order chi connectivity index (χ0) is 19.8. The number of amides is 1. The van der Waals surface area contributed by atoms with Gasteiger partial charge in [-0.2, -0.15) is 4.52 Å². The summed E-state index contributed by atoms with van der Waals surface area (Å²) in [4.78, 5) is 18.7. The number of nitrogens with zero attached hydrogens (tertiary/aromatic N) is 3. The summed E-state index contributed by atoms with van der Waals surface area (Å²) in [6.45, 7) is 3.39. The first kappa shape index (κ1) is 18.7. The van der Waals surface area contributed by atoms with E-state index in [1.54, 1.807) is 14.0 Å². The number of ether oxygens (including phenoxy) is 1. The van der Waals surface area contributed by atoms with E-state index in [2.05, 4.69) is 10.1 Å². The normalized spacial score (nSPS) is 20.9. The van der Waals surface area contributed by atoms with Crippen molar-refractivity contribution in [2.45, 2.75) is 25.8 Å². The number of nitrogens with one attached hydrogen (secondary N) is 1. The monoisotopic (exact) mass is 402 g/mol. The van der Waals surface area contributed by atoms with Crippen molar-refractivity contribution in [1.82, 2.24) is 14.6 Å². The lowest BCUT2D eigenvalue weighted by molar-refractivity contribution is -0.930. The Morgan fingerprint density at radius 1 is 1.43 bits per heavy atom. The molecule has 9 heteroatoms. The summed E-state index contributed by atoms with van der Waals surface area (Å²) in [5, 5.41) is 15.2. The number of fused-ring (bicyclic) bond motifs is 1. The van der Waals surface area contributed by atoms with Crippen LogP contribution in [-0.4, -0.2) is 45.8 Å². The Morgan fingerprint density at radius 3 is 2.82 bits per heavy atom. The number of aryl methyl sites for hydroxylation is 1. The van der Waals surface area contributed by atoms with Crippen molar-refractivity contribution in [1.29, 1.82) is 0 Å². The Labute approximate surface area is 166 Å². The van der Waals surface area contributed by atoms with E-state index in [9.17, 15) is 9.90 Å². The van der Waals surface area contributed by atoms with E-state index in [1.807, 2.05) is 24.3 Å². The molecule has 0 unspecified atom stereocenters. The van der Waals surface area contributed by atoms with Crippen molar-refractivity contribution >= 4 is 22.2 Å². The molecule has 0 saturated carbocycles. The lowest BCUT2D eigenvalue weighted by Crippen LogP contribution is -3.13. The molecule has 8 nitrogen and oxygen atoms in total. The van der Waals surface area contributed by atoms with Crippen LogP contribution in [0.3, 0.4) is 0 Å². The first-order chi connectivity index (χ1) is 13.5. The average Bonchev–Trinajstić information content (AvgIpc) is 3.20. The molecule has 1 aliphatic heterocycles. The van der Waals surface area contributed by atoms with Gasteiger partial charge in [0.1, 0.15) is 16.5 Å². The van der Waals surface area contributed by atoms with Gasteiger partial charge in [-0.3, -0.25) is 4.79 Å². The fraction of sp³-hybridized carbons (Fsp3) is 0.421. The van der Waals surface area contributed by atoms with E-state index in [-0.39, 0.29) is 23.7 Å². The minimum Gasteiger partial charge on any atom is -0.497 e. The van der Waals surface area contributed by atoms with Gasteiger partial charge in [0.05, 0.1) is 20.2 Å². The smallest absolute Gasteiger partial charge is 0.235 e. The van der Waals surface area contributed by atoms with E-state index in [4.69, 9.17) is 10.5 Å². The zero-order valence-electron chi connectivity index (χ0n) is 15.9. The third-order valence-corrected chi connectivity index (χ3v) is 6.52. The molecule has 0 bridgehead atoms. The van der Waals surface area contributed by atoms with Gasteiger partial charge in [0.2, 0.25) is 16.7 Å². The summed E-state index contributed by atoms with van der Waals surface area (Å²) in [5.74, 6) is 1.21. The molecule has 0 radical (unpaired) electrons. The highest BCUT2D eigenvalue weighted by Crippen LogP contribution is 2.36. The maximum atomic E-state index is 11.6. The highest BCUT2D eigenvalue weighted by Gasteiger charge is 2.36. The molecule has 0 spiro atoms. The van der Waals surface area contributed by atoms with Gasteiger partial charge >= 0.3 is 0 Å². The van der Waals surface area contributed by atoms with Gasteiger partial charge in [0, 0.05) is 24.3 Å². The number of benzene rings is 1. The Bertz CT molecular complexity index is 1010. The predicted molar refractivity (Wildman–Crippen MR) is 105 cm³/mol. The number of nitrogens with two attached hydrogens (primary N) is 1. The second kappa shape index (κ2) is 7.40. The van der Waals surface area contributed by atoms with Crippen LogP contribution in [-0.2, 0) is 4.79 Å². The van der Waals surface area contributed by atoms with Gasteiger partial charge in [-0.25, -0.2) is 4.98 Å². The molecule has 1 saturated heterocycles. The lowest BCUT2D eigenvalue weighted by atomic mass is 9.93. The zero-order valence-corrected chi connectivity index (χ0v) is 16.7. The minimum absolute atomic E-state index is 0.0757. The second-order valence-corrected chi connectivity index (χ2v) is 8.20. The van der Waals surface area contributed by atoms with Crippen LogP contribution < -0.4 is 15.4 Å². The van der Waals surface area contributed by atoms with Crippen LogP contribution in [0.2, 0.25) is 0 Å². The first-order valence-corrected chi connectivity index (χ1v) is 10.1. The molecule has 148 valence electrons. The fourth-order valence-corrected chi connectivity index (χ4v) is 5.18.